The lowest BCUT2D eigenvalue weighted by molar-refractivity contribution is 0.0733. The second kappa shape index (κ2) is 13.0. The lowest BCUT2D eigenvalue weighted by Crippen LogP contribution is -2.19. The number of carbonyl (C=O) groups excluding carboxylic acids is 2. The van der Waals surface area contributed by atoms with Gasteiger partial charge in [0.25, 0.3) is 5.91 Å². The molecule has 1 heterocycles. The Bertz CT molecular complexity index is 1930. The van der Waals surface area contributed by atoms with Crippen LogP contribution in [-0.4, -0.2) is 23.1 Å². The van der Waals surface area contributed by atoms with Crippen molar-refractivity contribution < 1.29 is 14.3 Å². The van der Waals surface area contributed by atoms with Crippen LogP contribution < -0.4 is 10.2 Å². The number of H-pyrrole nitrogens is 1. The fourth-order valence-electron chi connectivity index (χ4n) is 4.14. The Labute approximate surface area is 281 Å². The van der Waals surface area contributed by atoms with Crippen molar-refractivity contribution in [2.45, 2.75) is 0 Å². The Morgan fingerprint density at radius 1 is 0.857 bits per heavy atom. The van der Waals surface area contributed by atoms with E-state index >= 15 is 0 Å². The molecule has 0 fully saturated rings. The van der Waals surface area contributed by atoms with Crippen molar-refractivity contribution in [1.29, 1.82) is 0 Å². The summed E-state index contributed by atoms with van der Waals surface area (Å²) < 4.78 is 6.76. The summed E-state index contributed by atoms with van der Waals surface area (Å²) >= 11 is 38.2. The van der Waals surface area contributed by atoms with Crippen molar-refractivity contribution in [1.82, 2.24) is 10.4 Å². The van der Waals surface area contributed by atoms with Gasteiger partial charge < -0.3 is 9.72 Å². The molecule has 2 N–H and O–H groups in total. The fraction of sp³-hybridized carbons (Fsp3) is 0. The average molecular weight is 790 g/mol. The first-order valence-electron chi connectivity index (χ1n) is 11.8. The summed E-state index contributed by atoms with van der Waals surface area (Å²) in [4.78, 5) is 29.4. The number of hydrogen-bond donors (Lipinski definition) is 2. The molecule has 0 saturated carbocycles. The zero-order valence-electron chi connectivity index (χ0n) is 20.7. The molecule has 4 aromatic carbocycles. The fourth-order valence-corrected chi connectivity index (χ4v) is 6.73. The SMILES string of the molecule is O=C(Oc1c(Br)cc(Br)cc1C=NNC(=O)c1[nH]c2c(Cl)cc(Cl)cc2c1-c1ccccc1Cl)c1ccc(Cl)cc1Cl. The van der Waals surface area contributed by atoms with Crippen LogP contribution in [0.4, 0.5) is 0 Å². The van der Waals surface area contributed by atoms with E-state index in [0.717, 1.165) is 0 Å². The molecule has 1 amide bonds. The third-order valence-corrected chi connectivity index (χ3v) is 8.39. The monoisotopic (exact) mass is 785 g/mol. The van der Waals surface area contributed by atoms with Gasteiger partial charge in [-0.05, 0) is 64.5 Å². The highest BCUT2D eigenvalue weighted by Gasteiger charge is 2.23. The normalized spacial score (nSPS) is 11.3. The molecular formula is C29H14Br2Cl5N3O3. The van der Waals surface area contributed by atoms with Crippen molar-refractivity contribution in [2.24, 2.45) is 5.10 Å². The summed E-state index contributed by atoms with van der Waals surface area (Å²) in [6.45, 7) is 0. The lowest BCUT2D eigenvalue weighted by atomic mass is 10.0. The van der Waals surface area contributed by atoms with Crippen LogP contribution in [0.15, 0.2) is 80.8 Å². The van der Waals surface area contributed by atoms with Crippen molar-refractivity contribution in [3.63, 3.8) is 0 Å². The minimum absolute atomic E-state index is 0.122. The molecule has 5 rings (SSSR count). The largest absolute Gasteiger partial charge is 0.421 e. The maximum atomic E-state index is 13.4. The summed E-state index contributed by atoms with van der Waals surface area (Å²) in [6.07, 6.45) is 1.33. The van der Waals surface area contributed by atoms with E-state index in [1.165, 1.54) is 24.4 Å². The van der Waals surface area contributed by atoms with Gasteiger partial charge in [-0.1, -0.05) is 92.1 Å². The van der Waals surface area contributed by atoms with E-state index in [9.17, 15) is 9.59 Å². The first-order chi connectivity index (χ1) is 20.0. The summed E-state index contributed by atoms with van der Waals surface area (Å²) in [5, 5.41) is 6.41. The molecule has 6 nitrogen and oxygen atoms in total. The number of fused-ring (bicyclic) bond motifs is 1. The minimum atomic E-state index is -0.712. The molecule has 42 heavy (non-hydrogen) atoms. The molecule has 0 aliphatic rings. The van der Waals surface area contributed by atoms with E-state index in [2.05, 4.69) is 47.4 Å². The number of hydrazone groups is 1. The first kappa shape index (κ1) is 30.9. The molecule has 212 valence electrons. The predicted molar refractivity (Wildman–Crippen MR) is 177 cm³/mol. The summed E-state index contributed by atoms with van der Waals surface area (Å²) in [5.41, 5.74) is 4.79. The smallest absolute Gasteiger partial charge is 0.345 e. The zero-order chi connectivity index (χ0) is 30.1. The summed E-state index contributed by atoms with van der Waals surface area (Å²) in [5.74, 6) is -1.14. The van der Waals surface area contributed by atoms with Crippen LogP contribution in [0.1, 0.15) is 26.4 Å². The molecule has 0 radical (unpaired) electrons. The van der Waals surface area contributed by atoms with Crippen molar-refractivity contribution in [3.05, 3.63) is 118 Å². The van der Waals surface area contributed by atoms with Crippen molar-refractivity contribution >= 4 is 119 Å². The summed E-state index contributed by atoms with van der Waals surface area (Å²) in [7, 11) is 0. The predicted octanol–water partition coefficient (Wildman–Crippen LogP) is 10.6. The highest BCUT2D eigenvalue weighted by Crippen LogP contribution is 2.40. The van der Waals surface area contributed by atoms with Gasteiger partial charge in [0.15, 0.2) is 5.75 Å². The number of ether oxygens (including phenoxy) is 1. The third kappa shape index (κ3) is 6.50. The summed E-state index contributed by atoms with van der Waals surface area (Å²) in [6, 6.07) is 18.1. The number of esters is 1. The van der Waals surface area contributed by atoms with Gasteiger partial charge in [0, 0.05) is 41.6 Å². The van der Waals surface area contributed by atoms with Crippen LogP contribution in [0.2, 0.25) is 25.1 Å². The Morgan fingerprint density at radius 2 is 1.60 bits per heavy atom. The number of nitrogens with zero attached hydrogens (tertiary/aromatic N) is 1. The Balaban J connectivity index is 1.48. The van der Waals surface area contributed by atoms with E-state index in [0.29, 0.717) is 56.6 Å². The molecular weight excluding hydrogens is 775 g/mol. The van der Waals surface area contributed by atoms with Gasteiger partial charge in [0.2, 0.25) is 0 Å². The van der Waals surface area contributed by atoms with E-state index in [1.54, 1.807) is 48.5 Å². The minimum Gasteiger partial charge on any atom is -0.421 e. The van der Waals surface area contributed by atoms with Gasteiger partial charge in [0.1, 0.15) is 5.69 Å². The number of rotatable bonds is 6. The highest BCUT2D eigenvalue weighted by molar-refractivity contribution is 9.11. The van der Waals surface area contributed by atoms with Gasteiger partial charge in [-0.3, -0.25) is 4.79 Å². The Morgan fingerprint density at radius 3 is 2.33 bits per heavy atom. The number of nitrogens with one attached hydrogen (secondary N) is 2. The standard InChI is InChI=1S/C29H14Br2Cl5N3O3/c30-14-7-13(27(20(31)8-14)42-29(41)18-6-5-15(32)10-22(18)35)12-37-39-28(40)26-24(17-3-1-2-4-21(17)34)19-9-16(33)11-23(36)25(19)38-26/h1-12,38H,(H,39,40). The van der Waals surface area contributed by atoms with Crippen LogP contribution in [0.5, 0.6) is 5.75 Å². The molecule has 0 aliphatic carbocycles. The van der Waals surface area contributed by atoms with Gasteiger partial charge >= 0.3 is 5.97 Å². The zero-order valence-corrected chi connectivity index (χ0v) is 27.7. The van der Waals surface area contributed by atoms with Gasteiger partial charge in [-0.2, -0.15) is 5.10 Å². The lowest BCUT2D eigenvalue weighted by Gasteiger charge is -2.11. The molecule has 0 bridgehead atoms. The molecule has 0 atom stereocenters. The van der Waals surface area contributed by atoms with Gasteiger partial charge in [-0.25, -0.2) is 10.2 Å². The van der Waals surface area contributed by atoms with Crippen LogP contribution in [0.3, 0.4) is 0 Å². The quantitative estimate of drug-likeness (QED) is 0.0778. The van der Waals surface area contributed by atoms with Crippen LogP contribution >= 0.6 is 89.9 Å². The second-order valence-electron chi connectivity index (χ2n) is 8.68. The first-order valence-corrected chi connectivity index (χ1v) is 15.3. The molecule has 0 spiro atoms. The molecule has 0 aliphatic heterocycles. The number of aromatic nitrogens is 1. The van der Waals surface area contributed by atoms with Crippen LogP contribution in [0, 0.1) is 0 Å². The molecule has 13 heteroatoms. The number of aromatic amines is 1. The van der Waals surface area contributed by atoms with Gasteiger partial charge in [-0.15, -0.1) is 0 Å². The highest BCUT2D eigenvalue weighted by atomic mass is 79.9. The maximum absolute atomic E-state index is 13.4. The molecule has 0 saturated heterocycles. The van der Waals surface area contributed by atoms with E-state index in [4.69, 9.17) is 62.7 Å². The van der Waals surface area contributed by atoms with Crippen molar-refractivity contribution in [2.75, 3.05) is 0 Å². The second-order valence-corrected chi connectivity index (χ2v) is 12.5. The number of amides is 1. The Kier molecular flexibility index (Phi) is 9.54. The maximum Gasteiger partial charge on any atom is 0.345 e. The van der Waals surface area contributed by atoms with Crippen LogP contribution in [0.25, 0.3) is 22.0 Å². The van der Waals surface area contributed by atoms with E-state index in [-0.39, 0.29) is 22.0 Å². The molecule has 1 aromatic heterocycles. The molecule has 5 aromatic rings. The molecule has 0 unspecified atom stereocenters. The van der Waals surface area contributed by atoms with E-state index in [1.807, 2.05) is 0 Å². The van der Waals surface area contributed by atoms with Crippen molar-refractivity contribution in [3.8, 4) is 16.9 Å². The van der Waals surface area contributed by atoms with Gasteiger partial charge in [0.05, 0.1) is 31.8 Å². The Hall–Kier alpha value is -2.56. The number of carbonyl (C=O) groups is 2. The third-order valence-electron chi connectivity index (χ3n) is 5.95. The topological polar surface area (TPSA) is 83.5 Å². The average Bonchev–Trinajstić information content (AvgIpc) is 3.30. The number of benzene rings is 4. The van der Waals surface area contributed by atoms with E-state index < -0.39 is 11.9 Å². The number of halogens is 7. The number of hydrogen-bond acceptors (Lipinski definition) is 4. The van der Waals surface area contributed by atoms with Crippen LogP contribution in [-0.2, 0) is 0 Å².